The molecule has 0 aromatic carbocycles. The van der Waals surface area contributed by atoms with Crippen LogP contribution >= 0.6 is 15.9 Å². The highest BCUT2D eigenvalue weighted by atomic mass is 79.9. The van der Waals surface area contributed by atoms with Gasteiger partial charge >= 0.3 is 0 Å². The van der Waals surface area contributed by atoms with Crippen LogP contribution in [0.2, 0.25) is 0 Å². The molecule has 0 unspecified atom stereocenters. The van der Waals surface area contributed by atoms with E-state index in [4.69, 9.17) is 0 Å². The average Bonchev–Trinajstić information content (AvgIpc) is 2.90. The van der Waals surface area contributed by atoms with Crippen LogP contribution in [0.4, 0.5) is 0 Å². The third-order valence-corrected chi connectivity index (χ3v) is 8.84. The zero-order chi connectivity index (χ0) is 16.2. The van der Waals surface area contributed by atoms with Crippen molar-refractivity contribution in [2.24, 2.45) is 40.9 Å². The van der Waals surface area contributed by atoms with E-state index in [0.717, 1.165) is 49.4 Å². The molecule has 2 nitrogen and oxygen atoms in total. The van der Waals surface area contributed by atoms with Gasteiger partial charge in [0.2, 0.25) is 0 Å². The number of Topliss-reactive ketones (excluding diaryl/α,β-unsaturated/α-hetero) is 2. The predicted octanol–water partition coefficient (Wildman–Crippen LogP) is 4.79. The first-order chi connectivity index (χ1) is 11.0. The van der Waals surface area contributed by atoms with Crippen LogP contribution in [0.3, 0.4) is 0 Å². The van der Waals surface area contributed by atoms with E-state index in [9.17, 15) is 9.59 Å². The summed E-state index contributed by atoms with van der Waals surface area (Å²) in [6.45, 7) is 2.42. The van der Waals surface area contributed by atoms with E-state index in [2.05, 4.69) is 22.9 Å². The first-order valence-electron chi connectivity index (χ1n) is 9.65. The summed E-state index contributed by atoms with van der Waals surface area (Å²) in [5.41, 5.74) is 0.253. The summed E-state index contributed by atoms with van der Waals surface area (Å²) in [7, 11) is 0. The zero-order valence-electron chi connectivity index (χ0n) is 14.2. The number of rotatable bonds is 2. The molecule has 0 radical (unpaired) electrons. The van der Waals surface area contributed by atoms with Gasteiger partial charge in [0.15, 0.2) is 0 Å². The normalized spacial score (nSPS) is 49.2. The van der Waals surface area contributed by atoms with Crippen molar-refractivity contribution in [3.05, 3.63) is 0 Å². The number of carbonyl (C=O) groups excluding carboxylic acids is 2. The molecule has 4 rings (SSSR count). The lowest BCUT2D eigenvalue weighted by molar-refractivity contribution is -0.132. The van der Waals surface area contributed by atoms with Crippen molar-refractivity contribution in [2.45, 2.75) is 64.7 Å². The monoisotopic (exact) mass is 380 g/mol. The maximum Gasteiger partial charge on any atom is 0.147 e. The van der Waals surface area contributed by atoms with E-state index in [1.807, 2.05) is 0 Å². The smallest absolute Gasteiger partial charge is 0.147 e. The average molecular weight is 381 g/mol. The van der Waals surface area contributed by atoms with Gasteiger partial charge in [0.25, 0.3) is 0 Å². The quantitative estimate of drug-likeness (QED) is 0.645. The van der Waals surface area contributed by atoms with Gasteiger partial charge in [0.05, 0.1) is 5.33 Å². The summed E-state index contributed by atoms with van der Waals surface area (Å²) >= 11 is 3.40. The number of alkyl halides is 1. The van der Waals surface area contributed by atoms with Crippen molar-refractivity contribution in [1.29, 1.82) is 0 Å². The van der Waals surface area contributed by atoms with Crippen LogP contribution < -0.4 is 0 Å². The molecule has 3 heteroatoms. The number of hydrogen-bond donors (Lipinski definition) is 0. The molecule has 4 fully saturated rings. The van der Waals surface area contributed by atoms with Gasteiger partial charge in [-0.1, -0.05) is 22.9 Å². The molecule has 23 heavy (non-hydrogen) atoms. The van der Waals surface area contributed by atoms with Crippen LogP contribution in [0.5, 0.6) is 0 Å². The third kappa shape index (κ3) is 2.48. The highest BCUT2D eigenvalue weighted by molar-refractivity contribution is 9.09. The van der Waals surface area contributed by atoms with Gasteiger partial charge in [0.1, 0.15) is 11.6 Å². The van der Waals surface area contributed by atoms with Crippen molar-refractivity contribution in [1.82, 2.24) is 0 Å². The Kier molecular flexibility index (Phi) is 4.23. The van der Waals surface area contributed by atoms with Crippen LogP contribution in [0.1, 0.15) is 64.7 Å². The number of hydrogen-bond acceptors (Lipinski definition) is 2. The van der Waals surface area contributed by atoms with Crippen LogP contribution in [0.25, 0.3) is 0 Å². The lowest BCUT2D eigenvalue weighted by Gasteiger charge is -2.55. The Hall–Kier alpha value is -0.180. The topological polar surface area (TPSA) is 34.1 Å². The summed E-state index contributed by atoms with van der Waals surface area (Å²) in [6, 6.07) is 0. The van der Waals surface area contributed by atoms with Gasteiger partial charge in [-0.05, 0) is 80.0 Å². The molecule has 0 N–H and O–H groups in total. The molecular formula is C20H29BrO2. The first kappa shape index (κ1) is 16.3. The number of carbonyl (C=O) groups is 2. The molecule has 0 spiro atoms. The summed E-state index contributed by atoms with van der Waals surface area (Å²) in [5.74, 6) is 5.16. The number of ketones is 2. The summed E-state index contributed by atoms with van der Waals surface area (Å²) in [6.07, 6.45) is 10.3. The van der Waals surface area contributed by atoms with E-state index >= 15 is 0 Å². The minimum atomic E-state index is 0.253. The second-order valence-corrected chi connectivity index (χ2v) is 9.55. The molecule has 0 aromatic rings. The van der Waals surface area contributed by atoms with E-state index in [1.54, 1.807) is 0 Å². The predicted molar refractivity (Wildman–Crippen MR) is 94.4 cm³/mol. The standard InChI is InChI=1S/C20H29BrO2/c1-20-9-8-15-14-5-3-13(22)10-12(14)2-4-16(15)17(20)6-7-18(20)19(23)11-21/h12,14-18H,2-11H2,1H3/t12-,14-,15+,16+,17-,18+,20-/m0/s1. The molecule has 4 saturated carbocycles. The largest absolute Gasteiger partial charge is 0.300 e. The van der Waals surface area contributed by atoms with E-state index in [0.29, 0.717) is 28.7 Å². The Morgan fingerprint density at radius 3 is 2.70 bits per heavy atom. The fourth-order valence-electron chi connectivity index (χ4n) is 7.28. The van der Waals surface area contributed by atoms with Crippen LogP contribution in [-0.4, -0.2) is 16.9 Å². The van der Waals surface area contributed by atoms with Gasteiger partial charge < -0.3 is 0 Å². The highest BCUT2D eigenvalue weighted by Crippen LogP contribution is 2.64. The minimum absolute atomic E-state index is 0.253. The van der Waals surface area contributed by atoms with Crippen molar-refractivity contribution in [2.75, 3.05) is 5.33 Å². The lowest BCUT2D eigenvalue weighted by atomic mass is 9.49. The van der Waals surface area contributed by atoms with Crippen LogP contribution in [0.15, 0.2) is 0 Å². The van der Waals surface area contributed by atoms with Crippen LogP contribution in [0, 0.1) is 40.9 Å². The molecule has 0 amide bonds. The first-order valence-corrected chi connectivity index (χ1v) is 10.8. The van der Waals surface area contributed by atoms with Gasteiger partial charge in [-0.2, -0.15) is 0 Å². The summed E-state index contributed by atoms with van der Waals surface area (Å²) in [5, 5.41) is 0.529. The van der Waals surface area contributed by atoms with Gasteiger partial charge in [-0.25, -0.2) is 0 Å². The minimum Gasteiger partial charge on any atom is -0.300 e. The molecule has 4 aliphatic rings. The van der Waals surface area contributed by atoms with E-state index in [-0.39, 0.29) is 5.41 Å². The Bertz CT molecular complexity index is 516. The molecule has 0 aliphatic heterocycles. The highest BCUT2D eigenvalue weighted by Gasteiger charge is 2.58. The Balaban J connectivity index is 1.56. The fourth-order valence-corrected chi connectivity index (χ4v) is 7.67. The molecular weight excluding hydrogens is 352 g/mol. The van der Waals surface area contributed by atoms with Gasteiger partial charge in [0, 0.05) is 18.8 Å². The Labute approximate surface area is 148 Å². The lowest BCUT2D eigenvalue weighted by Crippen LogP contribution is -2.49. The molecule has 4 aliphatic carbocycles. The maximum absolute atomic E-state index is 12.4. The van der Waals surface area contributed by atoms with Crippen molar-refractivity contribution in [3.63, 3.8) is 0 Å². The number of halogens is 1. The van der Waals surface area contributed by atoms with Gasteiger partial charge in [-0.15, -0.1) is 0 Å². The molecule has 0 aromatic heterocycles. The second-order valence-electron chi connectivity index (χ2n) is 8.99. The van der Waals surface area contributed by atoms with E-state index < -0.39 is 0 Å². The molecule has 7 atom stereocenters. The molecule has 0 bridgehead atoms. The van der Waals surface area contributed by atoms with Crippen molar-refractivity contribution < 1.29 is 9.59 Å². The van der Waals surface area contributed by atoms with Crippen molar-refractivity contribution in [3.8, 4) is 0 Å². The zero-order valence-corrected chi connectivity index (χ0v) is 15.8. The summed E-state index contributed by atoms with van der Waals surface area (Å²) < 4.78 is 0. The molecule has 128 valence electrons. The Morgan fingerprint density at radius 1 is 1.09 bits per heavy atom. The fraction of sp³-hybridized carbons (Fsp3) is 0.900. The molecule has 0 heterocycles. The molecule has 0 saturated heterocycles. The SMILES string of the molecule is C[C@]12CC[C@H]3[C@@H](CC[C@H]4CC(=O)CC[C@@H]43)[C@@H]1CC[C@@H]2C(=O)CBr. The maximum atomic E-state index is 12.4. The summed E-state index contributed by atoms with van der Waals surface area (Å²) in [4.78, 5) is 24.2. The third-order valence-electron chi connectivity index (χ3n) is 8.29. The van der Waals surface area contributed by atoms with E-state index in [1.165, 1.54) is 32.1 Å². The van der Waals surface area contributed by atoms with Gasteiger partial charge in [-0.3, -0.25) is 9.59 Å². The Morgan fingerprint density at radius 2 is 1.91 bits per heavy atom. The van der Waals surface area contributed by atoms with Crippen molar-refractivity contribution >= 4 is 27.5 Å². The second kappa shape index (κ2) is 5.97. The van der Waals surface area contributed by atoms with Crippen LogP contribution in [-0.2, 0) is 9.59 Å². The number of fused-ring (bicyclic) bond motifs is 5.